The topological polar surface area (TPSA) is 46.4 Å². The van der Waals surface area contributed by atoms with Crippen LogP contribution in [0.4, 0.5) is 5.69 Å². The summed E-state index contributed by atoms with van der Waals surface area (Å²) in [6.07, 6.45) is 2.36. The van der Waals surface area contributed by atoms with Gasteiger partial charge >= 0.3 is 0 Å². The number of amides is 1. The van der Waals surface area contributed by atoms with E-state index in [0.29, 0.717) is 6.42 Å². The number of hydrogen-bond donors (Lipinski definition) is 1. The number of nitrogens with one attached hydrogen (secondary N) is 1. The molecule has 3 aromatic heterocycles. The highest BCUT2D eigenvalue weighted by Gasteiger charge is 2.11. The van der Waals surface area contributed by atoms with Crippen LogP contribution < -0.4 is 5.32 Å². The van der Waals surface area contributed by atoms with E-state index in [1.165, 1.54) is 0 Å². The SMILES string of the molecule is Cc1nc2c(NC(=O)Cc3cccs3)cccn2c1C. The minimum absolute atomic E-state index is 0.0149. The second kappa shape index (κ2) is 5.09. The van der Waals surface area contributed by atoms with Crippen molar-refractivity contribution in [3.05, 3.63) is 52.1 Å². The first-order chi connectivity index (χ1) is 9.65. The Labute approximate surface area is 121 Å². The summed E-state index contributed by atoms with van der Waals surface area (Å²) in [5, 5.41) is 4.92. The van der Waals surface area contributed by atoms with Crippen LogP contribution in [0, 0.1) is 13.8 Å². The highest BCUT2D eigenvalue weighted by Crippen LogP contribution is 2.20. The smallest absolute Gasteiger partial charge is 0.229 e. The molecule has 3 heterocycles. The molecule has 3 rings (SSSR count). The first-order valence-electron chi connectivity index (χ1n) is 6.41. The standard InChI is InChI=1S/C15H15N3OS/c1-10-11(2)18-7-3-6-13(15(18)16-10)17-14(19)9-12-5-4-8-20-12/h3-8H,9H2,1-2H3,(H,17,19). The molecule has 0 saturated heterocycles. The summed E-state index contributed by atoms with van der Waals surface area (Å²) in [6.45, 7) is 3.99. The van der Waals surface area contributed by atoms with Gasteiger partial charge in [0.1, 0.15) is 0 Å². The van der Waals surface area contributed by atoms with Crippen LogP contribution in [-0.2, 0) is 11.2 Å². The molecule has 0 saturated carbocycles. The van der Waals surface area contributed by atoms with Crippen molar-refractivity contribution < 1.29 is 4.79 Å². The van der Waals surface area contributed by atoms with Crippen LogP contribution in [0.25, 0.3) is 5.65 Å². The van der Waals surface area contributed by atoms with Gasteiger partial charge in [-0.05, 0) is 37.4 Å². The predicted octanol–water partition coefficient (Wildman–Crippen LogP) is 3.19. The molecule has 1 N–H and O–H groups in total. The van der Waals surface area contributed by atoms with Crippen molar-refractivity contribution >= 4 is 28.6 Å². The molecule has 0 aromatic carbocycles. The molecule has 0 aliphatic heterocycles. The summed E-state index contributed by atoms with van der Waals surface area (Å²) >= 11 is 1.59. The predicted molar refractivity (Wildman–Crippen MR) is 81.3 cm³/mol. The van der Waals surface area contributed by atoms with Gasteiger partial charge in [0.2, 0.25) is 5.91 Å². The maximum Gasteiger partial charge on any atom is 0.229 e. The zero-order valence-corrected chi connectivity index (χ0v) is 12.2. The van der Waals surface area contributed by atoms with Crippen molar-refractivity contribution in [2.75, 3.05) is 5.32 Å². The van der Waals surface area contributed by atoms with Crippen LogP contribution in [0.15, 0.2) is 35.8 Å². The van der Waals surface area contributed by atoms with Crippen molar-refractivity contribution in [1.82, 2.24) is 9.38 Å². The number of aryl methyl sites for hydroxylation is 2. The van der Waals surface area contributed by atoms with E-state index in [9.17, 15) is 4.79 Å². The molecule has 0 radical (unpaired) electrons. The highest BCUT2D eigenvalue weighted by atomic mass is 32.1. The molecule has 0 unspecified atom stereocenters. The summed E-state index contributed by atoms with van der Waals surface area (Å²) in [7, 11) is 0. The fraction of sp³-hybridized carbons (Fsp3) is 0.200. The molecule has 0 fully saturated rings. The van der Waals surface area contributed by atoms with Crippen LogP contribution in [0.5, 0.6) is 0 Å². The van der Waals surface area contributed by atoms with Gasteiger partial charge in [0.15, 0.2) is 5.65 Å². The zero-order chi connectivity index (χ0) is 14.1. The van der Waals surface area contributed by atoms with E-state index < -0.39 is 0 Å². The average Bonchev–Trinajstić information content (AvgIpc) is 3.01. The van der Waals surface area contributed by atoms with Crippen molar-refractivity contribution in [2.45, 2.75) is 20.3 Å². The summed E-state index contributed by atoms with van der Waals surface area (Å²) in [6, 6.07) is 7.72. The largest absolute Gasteiger partial charge is 0.323 e. The number of carbonyl (C=O) groups excluding carboxylic acids is 1. The first-order valence-corrected chi connectivity index (χ1v) is 7.29. The van der Waals surface area contributed by atoms with Crippen LogP contribution in [0.3, 0.4) is 0 Å². The van der Waals surface area contributed by atoms with Gasteiger partial charge < -0.3 is 9.72 Å². The maximum atomic E-state index is 12.1. The molecule has 0 spiro atoms. The van der Waals surface area contributed by atoms with Crippen molar-refractivity contribution in [2.24, 2.45) is 0 Å². The minimum Gasteiger partial charge on any atom is -0.323 e. The Kier molecular flexibility index (Phi) is 3.28. The summed E-state index contributed by atoms with van der Waals surface area (Å²) < 4.78 is 2.00. The lowest BCUT2D eigenvalue weighted by Gasteiger charge is -2.06. The van der Waals surface area contributed by atoms with Crippen molar-refractivity contribution in [3.8, 4) is 0 Å². The quantitative estimate of drug-likeness (QED) is 0.803. The number of aromatic nitrogens is 2. The van der Waals surface area contributed by atoms with Gasteiger partial charge in [-0.25, -0.2) is 4.98 Å². The van der Waals surface area contributed by atoms with Crippen LogP contribution in [-0.4, -0.2) is 15.3 Å². The monoisotopic (exact) mass is 285 g/mol. The Morgan fingerprint density at radius 2 is 2.20 bits per heavy atom. The van der Waals surface area contributed by atoms with E-state index in [-0.39, 0.29) is 5.91 Å². The summed E-state index contributed by atoms with van der Waals surface area (Å²) in [4.78, 5) is 17.6. The van der Waals surface area contributed by atoms with Gasteiger partial charge in [0.25, 0.3) is 0 Å². The van der Waals surface area contributed by atoms with Gasteiger partial charge in [-0.2, -0.15) is 0 Å². The maximum absolute atomic E-state index is 12.1. The molecule has 5 heteroatoms. The number of fused-ring (bicyclic) bond motifs is 1. The van der Waals surface area contributed by atoms with Gasteiger partial charge in [-0.3, -0.25) is 4.79 Å². The number of anilines is 1. The molecule has 0 aliphatic carbocycles. The average molecular weight is 285 g/mol. The molecule has 1 amide bonds. The summed E-state index contributed by atoms with van der Waals surface area (Å²) in [5.41, 5.74) is 3.62. The molecule has 0 bridgehead atoms. The normalized spacial score (nSPS) is 10.9. The van der Waals surface area contributed by atoms with Crippen LogP contribution in [0.1, 0.15) is 16.3 Å². The number of thiophene rings is 1. The van der Waals surface area contributed by atoms with E-state index in [2.05, 4.69) is 10.3 Å². The Balaban J connectivity index is 1.87. The van der Waals surface area contributed by atoms with E-state index in [0.717, 1.165) is 27.6 Å². The first kappa shape index (κ1) is 12.9. The van der Waals surface area contributed by atoms with Gasteiger partial charge in [0, 0.05) is 16.8 Å². The Bertz CT molecular complexity index is 759. The lowest BCUT2D eigenvalue weighted by Crippen LogP contribution is -2.14. The van der Waals surface area contributed by atoms with Gasteiger partial charge in [-0.15, -0.1) is 11.3 Å². The number of rotatable bonds is 3. The number of hydrogen-bond acceptors (Lipinski definition) is 3. The van der Waals surface area contributed by atoms with Crippen LogP contribution in [0.2, 0.25) is 0 Å². The number of pyridine rings is 1. The molecular formula is C15H15N3OS. The van der Waals surface area contributed by atoms with E-state index >= 15 is 0 Å². The Hall–Kier alpha value is -2.14. The fourth-order valence-electron chi connectivity index (χ4n) is 2.16. The number of carbonyl (C=O) groups is 1. The van der Waals surface area contributed by atoms with Crippen molar-refractivity contribution in [1.29, 1.82) is 0 Å². The third-order valence-corrected chi connectivity index (χ3v) is 4.19. The molecule has 0 atom stereocenters. The van der Waals surface area contributed by atoms with E-state index in [1.54, 1.807) is 11.3 Å². The molecule has 20 heavy (non-hydrogen) atoms. The third-order valence-electron chi connectivity index (χ3n) is 3.31. The Morgan fingerprint density at radius 3 is 2.95 bits per heavy atom. The zero-order valence-electron chi connectivity index (χ0n) is 11.4. The number of imidazole rings is 1. The molecule has 102 valence electrons. The molecule has 0 aliphatic rings. The van der Waals surface area contributed by atoms with Crippen molar-refractivity contribution in [3.63, 3.8) is 0 Å². The molecular weight excluding hydrogens is 270 g/mol. The highest BCUT2D eigenvalue weighted by molar-refractivity contribution is 7.10. The molecule has 4 nitrogen and oxygen atoms in total. The third kappa shape index (κ3) is 2.32. The number of nitrogens with zero attached hydrogens (tertiary/aromatic N) is 2. The summed E-state index contributed by atoms with van der Waals surface area (Å²) in [5.74, 6) is -0.0149. The lowest BCUT2D eigenvalue weighted by atomic mass is 10.3. The minimum atomic E-state index is -0.0149. The van der Waals surface area contributed by atoms with Gasteiger partial charge in [0.05, 0.1) is 17.8 Å². The fourth-order valence-corrected chi connectivity index (χ4v) is 2.87. The van der Waals surface area contributed by atoms with E-state index in [1.807, 2.05) is 54.1 Å². The Morgan fingerprint density at radius 1 is 1.35 bits per heavy atom. The van der Waals surface area contributed by atoms with Crippen LogP contribution >= 0.6 is 11.3 Å². The second-order valence-corrected chi connectivity index (χ2v) is 5.73. The van der Waals surface area contributed by atoms with E-state index in [4.69, 9.17) is 0 Å². The molecule has 3 aromatic rings. The van der Waals surface area contributed by atoms with Gasteiger partial charge in [-0.1, -0.05) is 6.07 Å². The second-order valence-electron chi connectivity index (χ2n) is 4.70. The lowest BCUT2D eigenvalue weighted by molar-refractivity contribution is -0.115.